The molecule has 1 heterocycles. The Morgan fingerprint density at radius 1 is 0.377 bits per heavy atom. The van der Waals surface area contributed by atoms with E-state index in [9.17, 15) is 0 Å². The van der Waals surface area contributed by atoms with Crippen molar-refractivity contribution in [1.29, 1.82) is 0 Å². The van der Waals surface area contributed by atoms with Gasteiger partial charge in [0.15, 0.2) is 5.82 Å². The van der Waals surface area contributed by atoms with E-state index in [0.29, 0.717) is 0 Å². The molecule has 0 saturated heterocycles. The summed E-state index contributed by atoms with van der Waals surface area (Å²) in [5.74, 6) is 0.719. The minimum absolute atomic E-state index is 0.494. The molecule has 0 unspecified atom stereocenters. The Morgan fingerprint density at radius 3 is 1.51 bits per heavy atom. The van der Waals surface area contributed by atoms with Gasteiger partial charge in [0.25, 0.3) is 0 Å². The molecule has 0 N–H and O–H groups in total. The van der Waals surface area contributed by atoms with Crippen LogP contribution >= 0.6 is 0 Å². The molecule has 0 amide bonds. The number of hydrogen-bond acceptors (Lipinski definition) is 2. The van der Waals surface area contributed by atoms with Crippen molar-refractivity contribution in [2.75, 3.05) is 0 Å². The molecule has 1 aliphatic carbocycles. The summed E-state index contributed by atoms with van der Waals surface area (Å²) >= 11 is 0. The first-order chi connectivity index (χ1) is 26.2. The topological polar surface area (TPSA) is 25.8 Å². The fraction of sp³-hybridized carbons (Fsp3) is 0.0980. The lowest BCUT2D eigenvalue weighted by atomic mass is 9.64. The van der Waals surface area contributed by atoms with Crippen LogP contribution in [0.15, 0.2) is 182 Å². The number of nitrogens with zero attached hydrogens (tertiary/aromatic N) is 2. The minimum Gasteiger partial charge on any atom is -0.228 e. The van der Waals surface area contributed by atoms with Crippen LogP contribution in [-0.4, -0.2) is 9.97 Å². The van der Waals surface area contributed by atoms with E-state index in [1.165, 1.54) is 55.6 Å². The van der Waals surface area contributed by atoms with Gasteiger partial charge in [0.2, 0.25) is 0 Å². The molecule has 1 aliphatic rings. The molecule has 8 aromatic rings. The number of aryl methyl sites for hydroxylation is 1. The third-order valence-corrected chi connectivity index (χ3v) is 11.0. The second-order valence-electron chi connectivity index (χ2n) is 13.8. The minimum atomic E-state index is -0.494. The van der Waals surface area contributed by atoms with Gasteiger partial charge in [-0.25, -0.2) is 9.97 Å². The van der Waals surface area contributed by atoms with Crippen LogP contribution < -0.4 is 0 Å². The molecule has 7 aromatic carbocycles. The lowest BCUT2D eigenvalue weighted by molar-refractivity contribution is 0.741. The van der Waals surface area contributed by atoms with Crippen molar-refractivity contribution in [2.45, 2.75) is 32.1 Å². The van der Waals surface area contributed by atoms with Crippen molar-refractivity contribution >= 4 is 0 Å². The zero-order chi connectivity index (χ0) is 35.8. The van der Waals surface area contributed by atoms with E-state index in [1.807, 2.05) is 0 Å². The molecule has 254 valence electrons. The van der Waals surface area contributed by atoms with Crippen LogP contribution in [0.5, 0.6) is 0 Å². The van der Waals surface area contributed by atoms with Gasteiger partial charge >= 0.3 is 0 Å². The van der Waals surface area contributed by atoms with Gasteiger partial charge in [-0.15, -0.1) is 0 Å². The Kier molecular flexibility index (Phi) is 8.37. The number of rotatable bonds is 8. The maximum atomic E-state index is 5.38. The molecule has 0 fully saturated rings. The summed E-state index contributed by atoms with van der Waals surface area (Å²) in [4.78, 5) is 10.6. The van der Waals surface area contributed by atoms with Crippen LogP contribution in [-0.2, 0) is 18.3 Å². The molecule has 0 spiro atoms. The molecular formula is C51H40N2. The maximum absolute atomic E-state index is 5.38. The largest absolute Gasteiger partial charge is 0.228 e. The fourth-order valence-corrected chi connectivity index (χ4v) is 8.63. The van der Waals surface area contributed by atoms with Crippen molar-refractivity contribution in [3.63, 3.8) is 0 Å². The third-order valence-electron chi connectivity index (χ3n) is 11.0. The highest BCUT2D eigenvalue weighted by atomic mass is 14.9. The van der Waals surface area contributed by atoms with Crippen LogP contribution in [0.25, 0.3) is 56.2 Å². The monoisotopic (exact) mass is 680 g/mol. The highest BCUT2D eigenvalue weighted by Crippen LogP contribution is 2.58. The van der Waals surface area contributed by atoms with Gasteiger partial charge < -0.3 is 0 Å². The van der Waals surface area contributed by atoms with Crippen LogP contribution in [0.3, 0.4) is 0 Å². The van der Waals surface area contributed by atoms with Gasteiger partial charge in [0, 0.05) is 16.7 Å². The maximum Gasteiger partial charge on any atom is 0.160 e. The first-order valence-electron chi connectivity index (χ1n) is 18.7. The molecule has 1 aromatic heterocycles. The van der Waals surface area contributed by atoms with Gasteiger partial charge in [-0.3, -0.25) is 0 Å². The van der Waals surface area contributed by atoms with Gasteiger partial charge in [0.05, 0.1) is 16.8 Å². The van der Waals surface area contributed by atoms with E-state index in [1.54, 1.807) is 0 Å². The summed E-state index contributed by atoms with van der Waals surface area (Å²) < 4.78 is 0. The summed E-state index contributed by atoms with van der Waals surface area (Å²) in [5.41, 5.74) is 17.5. The Hall–Kier alpha value is -6.38. The second kappa shape index (κ2) is 13.6. The van der Waals surface area contributed by atoms with Crippen molar-refractivity contribution in [1.82, 2.24) is 9.97 Å². The van der Waals surface area contributed by atoms with E-state index in [4.69, 9.17) is 9.97 Å². The third kappa shape index (κ3) is 5.41. The molecule has 2 heteroatoms. The molecular weight excluding hydrogens is 641 g/mol. The zero-order valence-electron chi connectivity index (χ0n) is 30.1. The summed E-state index contributed by atoms with van der Waals surface area (Å²) in [5, 5.41) is 0. The second-order valence-corrected chi connectivity index (χ2v) is 13.8. The lowest BCUT2D eigenvalue weighted by Gasteiger charge is -2.37. The first kappa shape index (κ1) is 32.5. The molecule has 0 bridgehead atoms. The quantitative estimate of drug-likeness (QED) is 0.160. The average Bonchev–Trinajstić information content (AvgIpc) is 3.54. The number of benzene rings is 7. The first-order valence-corrected chi connectivity index (χ1v) is 18.7. The van der Waals surface area contributed by atoms with Crippen molar-refractivity contribution in [3.8, 4) is 56.2 Å². The summed E-state index contributed by atoms with van der Waals surface area (Å²) in [6.45, 7) is 4.56. The van der Waals surface area contributed by atoms with E-state index < -0.39 is 5.41 Å². The Labute approximate surface area is 312 Å². The predicted octanol–water partition coefficient (Wildman–Crippen LogP) is 12.6. The lowest BCUT2D eigenvalue weighted by Crippen LogP contribution is -2.31. The van der Waals surface area contributed by atoms with E-state index in [0.717, 1.165) is 46.7 Å². The smallest absolute Gasteiger partial charge is 0.160 e. The van der Waals surface area contributed by atoms with Crippen molar-refractivity contribution in [3.05, 3.63) is 215 Å². The van der Waals surface area contributed by atoms with Gasteiger partial charge in [-0.05, 0) is 74.5 Å². The SMILES string of the molecule is CCc1ccccc1C1(c2cccc(-c3cc(-c4ccccc4)nc(-c4ccc(-c5ccccc5)cc4)n3)c2CC)c2ccccc2-c2ccccc21. The standard InChI is InChI=1S/C51H40N2/c1-3-35-18-11-14-26-44(35)51(46-27-15-12-23-41(46)42-24-13-16-28-47(42)51)45-29-17-25-43(40(45)4-2)49-34-48(38-21-9-6-10-22-38)52-50(53-49)39-32-30-37(31-33-39)36-19-7-5-8-20-36/h5-34H,3-4H2,1-2H3. The van der Waals surface area contributed by atoms with Crippen LogP contribution in [0, 0.1) is 0 Å². The highest BCUT2D eigenvalue weighted by molar-refractivity contribution is 5.88. The molecule has 0 aliphatic heterocycles. The van der Waals surface area contributed by atoms with E-state index in [-0.39, 0.29) is 0 Å². The van der Waals surface area contributed by atoms with Crippen LogP contribution in [0.4, 0.5) is 0 Å². The number of aromatic nitrogens is 2. The molecule has 0 saturated carbocycles. The summed E-state index contributed by atoms with van der Waals surface area (Å²) in [7, 11) is 0. The molecule has 53 heavy (non-hydrogen) atoms. The number of hydrogen-bond donors (Lipinski definition) is 0. The Morgan fingerprint density at radius 2 is 0.868 bits per heavy atom. The van der Waals surface area contributed by atoms with Crippen molar-refractivity contribution in [2.24, 2.45) is 0 Å². The number of fused-ring (bicyclic) bond motifs is 3. The fourth-order valence-electron chi connectivity index (χ4n) is 8.63. The molecule has 2 nitrogen and oxygen atoms in total. The zero-order valence-corrected chi connectivity index (χ0v) is 30.1. The Balaban J connectivity index is 1.30. The van der Waals surface area contributed by atoms with Crippen molar-refractivity contribution < 1.29 is 0 Å². The molecule has 0 atom stereocenters. The highest BCUT2D eigenvalue weighted by Gasteiger charge is 2.48. The summed E-state index contributed by atoms with van der Waals surface area (Å²) in [6, 6.07) is 65.8. The summed E-state index contributed by atoms with van der Waals surface area (Å²) in [6.07, 6.45) is 1.79. The van der Waals surface area contributed by atoms with E-state index in [2.05, 4.69) is 196 Å². The van der Waals surface area contributed by atoms with Gasteiger partial charge in [-0.1, -0.05) is 190 Å². The average molecular weight is 681 g/mol. The Bertz CT molecular complexity index is 2520. The van der Waals surface area contributed by atoms with Gasteiger partial charge in [-0.2, -0.15) is 0 Å². The molecule has 0 radical (unpaired) electrons. The van der Waals surface area contributed by atoms with E-state index >= 15 is 0 Å². The van der Waals surface area contributed by atoms with Gasteiger partial charge in [0.1, 0.15) is 0 Å². The predicted molar refractivity (Wildman–Crippen MR) is 220 cm³/mol. The normalized spacial score (nSPS) is 12.6. The van der Waals surface area contributed by atoms with Crippen LogP contribution in [0.1, 0.15) is 47.2 Å². The van der Waals surface area contributed by atoms with Crippen LogP contribution in [0.2, 0.25) is 0 Å². The molecule has 9 rings (SSSR count).